The lowest BCUT2D eigenvalue weighted by molar-refractivity contribution is -0.130. The number of nitrogens with zero attached hydrogens (tertiary/aromatic N) is 2. The highest BCUT2D eigenvalue weighted by Gasteiger charge is 2.39. The summed E-state index contributed by atoms with van der Waals surface area (Å²) in [5, 5.41) is 5.73. The van der Waals surface area contributed by atoms with E-state index in [1.165, 1.54) is 11.3 Å². The Hall–Kier alpha value is -2.94. The van der Waals surface area contributed by atoms with Crippen LogP contribution in [0.25, 0.3) is 0 Å². The number of urea groups is 1. The van der Waals surface area contributed by atoms with E-state index in [9.17, 15) is 14.4 Å². The fraction of sp³-hybridized carbons (Fsp3) is 0.333. The summed E-state index contributed by atoms with van der Waals surface area (Å²) >= 11 is 1.37. The molecule has 0 aliphatic carbocycles. The minimum absolute atomic E-state index is 0.137. The summed E-state index contributed by atoms with van der Waals surface area (Å²) < 4.78 is 5.09. The fourth-order valence-corrected chi connectivity index (χ4v) is 3.49. The maximum Gasteiger partial charge on any atom is 0.325 e. The molecule has 1 aliphatic heterocycles. The fourth-order valence-electron chi connectivity index (χ4n) is 2.66. The zero-order chi connectivity index (χ0) is 19.6. The molecule has 8 nitrogen and oxygen atoms in total. The molecule has 3 rings (SSSR count). The van der Waals surface area contributed by atoms with Crippen LogP contribution in [0, 0.1) is 13.8 Å². The van der Waals surface area contributed by atoms with E-state index < -0.39 is 18.0 Å². The number of benzene rings is 1. The number of imide groups is 1. The molecule has 0 unspecified atom stereocenters. The number of aromatic nitrogens is 1. The van der Waals surface area contributed by atoms with E-state index in [0.717, 1.165) is 21.0 Å². The minimum Gasteiger partial charge on any atom is -0.497 e. The topological polar surface area (TPSA) is 101 Å². The molecule has 1 saturated heterocycles. The van der Waals surface area contributed by atoms with Crippen molar-refractivity contribution in [3.63, 3.8) is 0 Å². The van der Waals surface area contributed by atoms with Crippen LogP contribution in [-0.2, 0) is 16.1 Å². The summed E-state index contributed by atoms with van der Waals surface area (Å²) in [5.74, 6) is -0.0932. The summed E-state index contributed by atoms with van der Waals surface area (Å²) in [4.78, 5) is 43.2. The normalized spacial score (nSPS) is 16.4. The molecule has 1 atom stereocenters. The average Bonchev–Trinajstić information content (AvgIpc) is 3.08. The molecule has 0 saturated carbocycles. The molecule has 9 heteroatoms. The molecule has 0 radical (unpaired) electrons. The molecule has 0 bridgehead atoms. The van der Waals surface area contributed by atoms with Crippen LogP contribution in [0.15, 0.2) is 24.3 Å². The summed E-state index contributed by atoms with van der Waals surface area (Å²) in [6, 6.07) is 5.71. The Bertz CT molecular complexity index is 858. The van der Waals surface area contributed by atoms with Crippen molar-refractivity contribution in [2.45, 2.75) is 32.9 Å². The zero-order valence-electron chi connectivity index (χ0n) is 15.2. The first kappa shape index (κ1) is 18.8. The van der Waals surface area contributed by atoms with Gasteiger partial charge in [0.25, 0.3) is 5.91 Å². The second kappa shape index (κ2) is 7.75. The van der Waals surface area contributed by atoms with Gasteiger partial charge < -0.3 is 15.4 Å². The molecule has 2 aromatic rings. The number of carbonyl (C=O) groups excluding carboxylic acids is 3. The van der Waals surface area contributed by atoms with Gasteiger partial charge in [0.2, 0.25) is 5.91 Å². The standard InChI is InChI=1S/C18H20N4O4S/c1-10-11(2)27-17(19-10)21-15(23)8-14-16(24)22(18(25)20-14)9-12-4-6-13(26-3)7-5-12/h4-7,14H,8-9H2,1-3H3,(H,20,25)(H,19,21,23)/t14-/m1/s1. The molecule has 1 aromatic heterocycles. The van der Waals surface area contributed by atoms with E-state index in [2.05, 4.69) is 15.6 Å². The molecule has 1 aromatic carbocycles. The number of methoxy groups -OCH3 is 1. The van der Waals surface area contributed by atoms with Gasteiger partial charge in [-0.25, -0.2) is 9.78 Å². The number of anilines is 1. The van der Waals surface area contributed by atoms with Gasteiger partial charge in [0.05, 0.1) is 25.8 Å². The van der Waals surface area contributed by atoms with Gasteiger partial charge in [0.1, 0.15) is 11.8 Å². The number of hydrogen-bond donors (Lipinski definition) is 2. The molecule has 27 heavy (non-hydrogen) atoms. The Labute approximate surface area is 160 Å². The van der Waals surface area contributed by atoms with Gasteiger partial charge >= 0.3 is 6.03 Å². The summed E-state index contributed by atoms with van der Waals surface area (Å²) in [7, 11) is 1.57. The molecule has 4 amide bonds. The third-order valence-corrected chi connectivity index (χ3v) is 5.26. The van der Waals surface area contributed by atoms with Gasteiger partial charge in [-0.3, -0.25) is 14.5 Å². The molecular weight excluding hydrogens is 368 g/mol. The van der Waals surface area contributed by atoms with Crippen LogP contribution in [0.5, 0.6) is 5.75 Å². The summed E-state index contributed by atoms with van der Waals surface area (Å²) in [5.41, 5.74) is 1.64. The minimum atomic E-state index is -0.877. The third kappa shape index (κ3) is 4.25. The van der Waals surface area contributed by atoms with Gasteiger partial charge in [-0.2, -0.15) is 0 Å². The smallest absolute Gasteiger partial charge is 0.325 e. The Balaban J connectivity index is 1.60. The Morgan fingerprint density at radius 3 is 2.59 bits per heavy atom. The van der Waals surface area contributed by atoms with E-state index in [0.29, 0.717) is 10.9 Å². The molecule has 2 heterocycles. The number of ether oxygens (including phenoxy) is 1. The second-order valence-electron chi connectivity index (χ2n) is 6.19. The number of hydrogen-bond acceptors (Lipinski definition) is 6. The van der Waals surface area contributed by atoms with Gasteiger partial charge in [-0.05, 0) is 31.5 Å². The number of thiazole rings is 1. The van der Waals surface area contributed by atoms with Crippen LogP contribution in [0.2, 0.25) is 0 Å². The Morgan fingerprint density at radius 2 is 2.00 bits per heavy atom. The highest BCUT2D eigenvalue weighted by molar-refractivity contribution is 7.15. The number of amides is 4. The van der Waals surface area contributed by atoms with Crippen LogP contribution in [0.1, 0.15) is 22.6 Å². The number of nitrogens with one attached hydrogen (secondary N) is 2. The van der Waals surface area contributed by atoms with Crippen molar-refractivity contribution in [3.8, 4) is 5.75 Å². The van der Waals surface area contributed by atoms with Crippen LogP contribution in [-0.4, -0.2) is 40.9 Å². The van der Waals surface area contributed by atoms with E-state index >= 15 is 0 Å². The van der Waals surface area contributed by atoms with Gasteiger partial charge in [-0.15, -0.1) is 11.3 Å². The van der Waals surface area contributed by atoms with E-state index in [-0.39, 0.29) is 18.9 Å². The van der Waals surface area contributed by atoms with Crippen LogP contribution >= 0.6 is 11.3 Å². The molecule has 1 fully saturated rings. The average molecular weight is 388 g/mol. The van der Waals surface area contributed by atoms with Crippen molar-refractivity contribution >= 4 is 34.3 Å². The Morgan fingerprint density at radius 1 is 1.30 bits per heavy atom. The van der Waals surface area contributed by atoms with Crippen molar-refractivity contribution in [2.24, 2.45) is 0 Å². The highest BCUT2D eigenvalue weighted by atomic mass is 32.1. The molecule has 1 aliphatic rings. The van der Waals surface area contributed by atoms with Crippen LogP contribution in [0.3, 0.4) is 0 Å². The van der Waals surface area contributed by atoms with E-state index in [1.54, 1.807) is 31.4 Å². The van der Waals surface area contributed by atoms with Crippen molar-refractivity contribution < 1.29 is 19.1 Å². The monoisotopic (exact) mass is 388 g/mol. The van der Waals surface area contributed by atoms with Crippen LogP contribution in [0.4, 0.5) is 9.93 Å². The molecular formula is C18H20N4O4S. The lowest BCUT2D eigenvalue weighted by Crippen LogP contribution is -2.34. The number of aryl methyl sites for hydroxylation is 2. The van der Waals surface area contributed by atoms with Crippen molar-refractivity contribution in [3.05, 3.63) is 40.4 Å². The van der Waals surface area contributed by atoms with E-state index in [1.807, 2.05) is 13.8 Å². The van der Waals surface area contributed by atoms with Gasteiger partial charge in [0.15, 0.2) is 5.13 Å². The quantitative estimate of drug-likeness (QED) is 0.739. The largest absolute Gasteiger partial charge is 0.497 e. The molecule has 0 spiro atoms. The highest BCUT2D eigenvalue weighted by Crippen LogP contribution is 2.22. The van der Waals surface area contributed by atoms with Gasteiger partial charge in [0, 0.05) is 4.88 Å². The predicted molar refractivity (Wildman–Crippen MR) is 101 cm³/mol. The first-order valence-corrected chi connectivity index (χ1v) is 9.17. The predicted octanol–water partition coefficient (Wildman–Crippen LogP) is 2.22. The lowest BCUT2D eigenvalue weighted by Gasteiger charge is -2.13. The van der Waals surface area contributed by atoms with E-state index in [4.69, 9.17) is 4.74 Å². The van der Waals surface area contributed by atoms with Crippen LogP contribution < -0.4 is 15.4 Å². The SMILES string of the molecule is COc1ccc(CN2C(=O)N[C@H](CC(=O)Nc3nc(C)c(C)s3)C2=O)cc1. The number of rotatable bonds is 6. The maximum atomic E-state index is 12.5. The second-order valence-corrected chi connectivity index (χ2v) is 7.39. The maximum absolute atomic E-state index is 12.5. The first-order chi connectivity index (χ1) is 12.9. The van der Waals surface area contributed by atoms with Gasteiger partial charge in [-0.1, -0.05) is 12.1 Å². The summed E-state index contributed by atoms with van der Waals surface area (Å²) in [6.07, 6.45) is -0.138. The van der Waals surface area contributed by atoms with Crippen molar-refractivity contribution in [1.82, 2.24) is 15.2 Å². The van der Waals surface area contributed by atoms with Crippen molar-refractivity contribution in [2.75, 3.05) is 12.4 Å². The lowest BCUT2D eigenvalue weighted by atomic mass is 10.1. The summed E-state index contributed by atoms with van der Waals surface area (Å²) in [6.45, 7) is 3.91. The zero-order valence-corrected chi connectivity index (χ0v) is 16.1. The Kier molecular flexibility index (Phi) is 5.41. The number of carbonyl (C=O) groups is 3. The third-order valence-electron chi connectivity index (χ3n) is 4.27. The molecule has 142 valence electrons. The first-order valence-electron chi connectivity index (χ1n) is 8.36. The van der Waals surface area contributed by atoms with Crippen molar-refractivity contribution in [1.29, 1.82) is 0 Å². The molecule has 2 N–H and O–H groups in total.